The molecule has 0 saturated carbocycles. The number of ether oxygens (including phenoxy) is 2. The molecule has 0 bridgehead atoms. The highest BCUT2D eigenvalue weighted by molar-refractivity contribution is 5.99. The maximum absolute atomic E-state index is 15.4. The van der Waals surface area contributed by atoms with Gasteiger partial charge in [-0.2, -0.15) is 5.10 Å². The number of anilines is 2. The van der Waals surface area contributed by atoms with Gasteiger partial charge >= 0.3 is 0 Å². The van der Waals surface area contributed by atoms with Gasteiger partial charge in [0.05, 0.1) is 34.4 Å². The van der Waals surface area contributed by atoms with Gasteiger partial charge in [-0.3, -0.25) is 9.67 Å². The topological polar surface area (TPSA) is 87.0 Å². The molecule has 1 saturated heterocycles. The van der Waals surface area contributed by atoms with E-state index in [1.807, 2.05) is 31.6 Å². The van der Waals surface area contributed by atoms with E-state index in [2.05, 4.69) is 32.3 Å². The van der Waals surface area contributed by atoms with Crippen LogP contribution in [0, 0.1) is 11.7 Å². The van der Waals surface area contributed by atoms with Crippen LogP contribution in [-0.2, 0) is 11.8 Å². The van der Waals surface area contributed by atoms with Gasteiger partial charge < -0.3 is 14.8 Å². The summed E-state index contributed by atoms with van der Waals surface area (Å²) in [5, 5.41) is 8.64. The second-order valence-corrected chi connectivity index (χ2v) is 9.39. The standard InChI is InChI=1S/C28H27FN6O2/c1-17(18-7-10-36-11-8-18)37-25-13-19(20-14-33-35(2)15-20)12-24-26(25)28(32-16-31-24)34-23-6-5-22-21(27(23)29)4-3-9-30-22/h3-6,9,12-18H,7-8,10-11H2,1-2H3,(H,31,32,34)/t17-/m1/s1. The summed E-state index contributed by atoms with van der Waals surface area (Å²) in [7, 11) is 1.88. The Bertz CT molecular complexity index is 1580. The fraction of sp³-hybridized carbons (Fsp3) is 0.286. The van der Waals surface area contributed by atoms with Crippen LogP contribution in [0.2, 0.25) is 0 Å². The average Bonchev–Trinajstić information content (AvgIpc) is 3.37. The monoisotopic (exact) mass is 498 g/mol. The summed E-state index contributed by atoms with van der Waals surface area (Å²) >= 11 is 0. The lowest BCUT2D eigenvalue weighted by Crippen LogP contribution is -2.29. The third-order valence-corrected chi connectivity index (χ3v) is 6.96. The number of hydrogen-bond acceptors (Lipinski definition) is 7. The van der Waals surface area contributed by atoms with E-state index in [1.165, 1.54) is 6.33 Å². The van der Waals surface area contributed by atoms with Crippen molar-refractivity contribution in [3.8, 4) is 16.9 Å². The summed E-state index contributed by atoms with van der Waals surface area (Å²) in [6, 6.07) is 10.9. The number of halogens is 1. The van der Waals surface area contributed by atoms with Crippen molar-refractivity contribution in [2.75, 3.05) is 18.5 Å². The molecule has 1 atom stereocenters. The second-order valence-electron chi connectivity index (χ2n) is 9.39. The zero-order valence-corrected chi connectivity index (χ0v) is 20.7. The first-order chi connectivity index (χ1) is 18.1. The predicted molar refractivity (Wildman–Crippen MR) is 140 cm³/mol. The Morgan fingerprint density at radius 2 is 1.95 bits per heavy atom. The van der Waals surface area contributed by atoms with Gasteiger partial charge in [0, 0.05) is 43.6 Å². The van der Waals surface area contributed by atoms with E-state index in [-0.39, 0.29) is 11.9 Å². The van der Waals surface area contributed by atoms with Gasteiger partial charge in [0.1, 0.15) is 17.9 Å². The van der Waals surface area contributed by atoms with Crippen molar-refractivity contribution in [1.29, 1.82) is 0 Å². The molecule has 0 radical (unpaired) electrons. The van der Waals surface area contributed by atoms with E-state index >= 15 is 4.39 Å². The molecular weight excluding hydrogens is 471 g/mol. The lowest BCUT2D eigenvalue weighted by Gasteiger charge is -2.29. The highest BCUT2D eigenvalue weighted by atomic mass is 19.1. The van der Waals surface area contributed by atoms with Crippen molar-refractivity contribution in [3.63, 3.8) is 0 Å². The number of benzene rings is 2. The van der Waals surface area contributed by atoms with Gasteiger partial charge in [-0.15, -0.1) is 0 Å². The van der Waals surface area contributed by atoms with Gasteiger partial charge in [-0.05, 0) is 67.6 Å². The Hall–Kier alpha value is -4.11. The van der Waals surface area contributed by atoms with Crippen LogP contribution in [0.4, 0.5) is 15.9 Å². The molecule has 1 aliphatic heterocycles. The zero-order chi connectivity index (χ0) is 25.4. The number of nitrogens with one attached hydrogen (secondary N) is 1. The van der Waals surface area contributed by atoms with Crippen LogP contribution >= 0.6 is 0 Å². The van der Waals surface area contributed by atoms with Gasteiger partial charge in [0.15, 0.2) is 5.82 Å². The minimum Gasteiger partial charge on any atom is -0.490 e. The number of fused-ring (bicyclic) bond motifs is 2. The molecule has 1 fully saturated rings. The van der Waals surface area contributed by atoms with Gasteiger partial charge in [0.2, 0.25) is 0 Å². The van der Waals surface area contributed by atoms with Gasteiger partial charge in [-0.25, -0.2) is 14.4 Å². The highest BCUT2D eigenvalue weighted by Gasteiger charge is 2.24. The van der Waals surface area contributed by atoms with E-state index in [9.17, 15) is 0 Å². The maximum Gasteiger partial charge on any atom is 0.156 e. The normalized spacial score (nSPS) is 15.2. The fourth-order valence-corrected chi connectivity index (χ4v) is 4.90. The molecule has 2 aromatic carbocycles. The van der Waals surface area contributed by atoms with E-state index in [1.54, 1.807) is 35.1 Å². The molecular formula is C28H27FN6O2. The minimum atomic E-state index is -0.387. The molecule has 37 heavy (non-hydrogen) atoms. The first-order valence-electron chi connectivity index (χ1n) is 12.4. The number of aromatic nitrogens is 5. The minimum absolute atomic E-state index is 0.0483. The molecule has 3 aromatic heterocycles. The molecule has 9 heteroatoms. The molecule has 0 unspecified atom stereocenters. The first-order valence-corrected chi connectivity index (χ1v) is 12.4. The van der Waals surface area contributed by atoms with Crippen LogP contribution in [0.1, 0.15) is 19.8 Å². The van der Waals surface area contributed by atoms with Crippen LogP contribution in [0.15, 0.2) is 61.3 Å². The van der Waals surface area contributed by atoms with Crippen molar-refractivity contribution in [1.82, 2.24) is 24.7 Å². The smallest absolute Gasteiger partial charge is 0.156 e. The third-order valence-electron chi connectivity index (χ3n) is 6.96. The van der Waals surface area contributed by atoms with Crippen molar-refractivity contribution < 1.29 is 13.9 Å². The largest absolute Gasteiger partial charge is 0.490 e. The lowest BCUT2D eigenvalue weighted by atomic mass is 9.95. The van der Waals surface area contributed by atoms with E-state index < -0.39 is 0 Å². The quantitative estimate of drug-likeness (QED) is 0.323. The number of pyridine rings is 1. The lowest BCUT2D eigenvalue weighted by molar-refractivity contribution is 0.0244. The molecule has 0 spiro atoms. The molecule has 1 aliphatic rings. The summed E-state index contributed by atoms with van der Waals surface area (Å²) < 4.78 is 29.3. The zero-order valence-electron chi connectivity index (χ0n) is 20.7. The Kier molecular flexibility index (Phi) is 6.13. The Morgan fingerprint density at radius 3 is 2.76 bits per heavy atom. The average molecular weight is 499 g/mol. The molecule has 4 heterocycles. The van der Waals surface area contributed by atoms with Gasteiger partial charge in [0.25, 0.3) is 0 Å². The molecule has 8 nitrogen and oxygen atoms in total. The molecule has 5 aromatic rings. The highest BCUT2D eigenvalue weighted by Crippen LogP contribution is 2.38. The van der Waals surface area contributed by atoms with E-state index in [4.69, 9.17) is 9.47 Å². The summed E-state index contributed by atoms with van der Waals surface area (Å²) in [6.45, 7) is 3.56. The number of hydrogen-bond donors (Lipinski definition) is 1. The van der Waals surface area contributed by atoms with Crippen LogP contribution < -0.4 is 10.1 Å². The first kappa shape index (κ1) is 23.3. The van der Waals surface area contributed by atoms with Gasteiger partial charge in [-0.1, -0.05) is 0 Å². The van der Waals surface area contributed by atoms with Crippen molar-refractivity contribution in [2.24, 2.45) is 13.0 Å². The van der Waals surface area contributed by atoms with E-state index in [0.29, 0.717) is 45.0 Å². The summed E-state index contributed by atoms with van der Waals surface area (Å²) in [4.78, 5) is 13.3. The SMILES string of the molecule is C[C@@H](Oc1cc(-c2cnn(C)c2)cc2ncnc(Nc3ccc4ncccc4c3F)c12)C1CCOCC1. The van der Waals surface area contributed by atoms with Crippen LogP contribution in [0.5, 0.6) is 5.75 Å². The van der Waals surface area contributed by atoms with Crippen LogP contribution in [0.25, 0.3) is 32.9 Å². The molecule has 188 valence electrons. The number of rotatable bonds is 6. The predicted octanol–water partition coefficient (Wildman–Crippen LogP) is 5.66. The molecule has 6 rings (SSSR count). The molecule has 1 N–H and O–H groups in total. The van der Waals surface area contributed by atoms with Crippen molar-refractivity contribution in [2.45, 2.75) is 25.9 Å². The number of nitrogens with zero attached hydrogens (tertiary/aromatic N) is 5. The van der Waals surface area contributed by atoms with Crippen LogP contribution in [-0.4, -0.2) is 44.1 Å². The fourth-order valence-electron chi connectivity index (χ4n) is 4.90. The second kappa shape index (κ2) is 9.74. The van der Waals surface area contributed by atoms with Crippen molar-refractivity contribution in [3.05, 3.63) is 67.1 Å². The summed E-state index contributed by atoms with van der Waals surface area (Å²) in [5.41, 5.74) is 3.47. The van der Waals surface area contributed by atoms with E-state index in [0.717, 1.165) is 37.2 Å². The number of aryl methyl sites for hydroxylation is 1. The Morgan fingerprint density at radius 1 is 1.08 bits per heavy atom. The summed E-state index contributed by atoms with van der Waals surface area (Å²) in [5.74, 6) is 1.10. The van der Waals surface area contributed by atoms with Crippen LogP contribution in [0.3, 0.4) is 0 Å². The molecule has 0 amide bonds. The Labute approximate surface area is 213 Å². The third kappa shape index (κ3) is 4.58. The summed E-state index contributed by atoms with van der Waals surface area (Å²) in [6.07, 6.45) is 8.73. The maximum atomic E-state index is 15.4. The molecule has 0 aliphatic carbocycles. The van der Waals surface area contributed by atoms with Crippen molar-refractivity contribution >= 4 is 33.3 Å². The Balaban J connectivity index is 1.45.